The summed E-state index contributed by atoms with van der Waals surface area (Å²) in [5.74, 6) is 1.38. The smallest absolute Gasteiger partial charge is 0.273 e. The highest BCUT2D eigenvalue weighted by molar-refractivity contribution is 8.18. The number of methoxy groups -OCH3 is 1. The molecule has 0 bridgehead atoms. The van der Waals surface area contributed by atoms with Gasteiger partial charge in [0.25, 0.3) is 11.6 Å². The van der Waals surface area contributed by atoms with Gasteiger partial charge in [0.05, 0.1) is 22.6 Å². The van der Waals surface area contributed by atoms with Gasteiger partial charge < -0.3 is 14.5 Å². The molecular formula is C22H17N3O5S. The van der Waals surface area contributed by atoms with Crippen LogP contribution in [0.25, 0.3) is 17.4 Å². The Morgan fingerprint density at radius 1 is 1.16 bits per heavy atom. The Labute approximate surface area is 181 Å². The number of nitrogens with zero attached hydrogens (tertiary/aromatic N) is 2. The molecule has 8 nitrogen and oxygen atoms in total. The van der Waals surface area contributed by atoms with Crippen molar-refractivity contribution in [2.24, 2.45) is 4.99 Å². The summed E-state index contributed by atoms with van der Waals surface area (Å²) >= 11 is 1.20. The second kappa shape index (κ2) is 8.49. The number of furan rings is 1. The highest BCUT2D eigenvalue weighted by atomic mass is 32.2. The number of nitrogens with one attached hydrogen (secondary N) is 1. The molecule has 1 aliphatic heterocycles. The van der Waals surface area contributed by atoms with Crippen molar-refractivity contribution < 1.29 is 18.9 Å². The third-order valence-corrected chi connectivity index (χ3v) is 5.45. The van der Waals surface area contributed by atoms with E-state index in [-0.39, 0.29) is 11.6 Å². The van der Waals surface area contributed by atoms with Crippen LogP contribution in [-0.2, 0) is 4.79 Å². The zero-order valence-electron chi connectivity index (χ0n) is 16.6. The zero-order chi connectivity index (χ0) is 22.0. The summed E-state index contributed by atoms with van der Waals surface area (Å²) in [5.41, 5.74) is 1.88. The van der Waals surface area contributed by atoms with E-state index in [0.717, 1.165) is 5.75 Å². The fraction of sp³-hybridized carbons (Fsp3) is 0.0909. The highest BCUT2D eigenvalue weighted by Crippen LogP contribution is 2.32. The van der Waals surface area contributed by atoms with Gasteiger partial charge in [0, 0.05) is 23.3 Å². The molecule has 9 heteroatoms. The number of nitro benzene ring substituents is 1. The number of hydrogen-bond acceptors (Lipinski definition) is 7. The first kappa shape index (κ1) is 20.4. The van der Waals surface area contributed by atoms with Gasteiger partial charge in [0.15, 0.2) is 5.17 Å². The summed E-state index contributed by atoms with van der Waals surface area (Å²) in [6.07, 6.45) is 1.61. The van der Waals surface area contributed by atoms with Crippen LogP contribution >= 0.6 is 11.8 Å². The van der Waals surface area contributed by atoms with Gasteiger partial charge in [0.1, 0.15) is 17.3 Å². The number of carbonyl (C=O) groups excluding carboxylic acids is 1. The molecule has 0 unspecified atom stereocenters. The largest absolute Gasteiger partial charge is 0.497 e. The van der Waals surface area contributed by atoms with Gasteiger partial charge in [-0.25, -0.2) is 4.99 Å². The molecule has 1 amide bonds. The lowest BCUT2D eigenvalue weighted by Gasteiger charge is -2.00. The number of rotatable bonds is 5. The van der Waals surface area contributed by atoms with Crippen molar-refractivity contribution >= 4 is 40.3 Å². The summed E-state index contributed by atoms with van der Waals surface area (Å²) in [5, 5.41) is 14.4. The normalized spacial score (nSPS) is 16.0. The van der Waals surface area contributed by atoms with Gasteiger partial charge >= 0.3 is 0 Å². The molecule has 0 saturated carbocycles. The first-order valence-corrected chi connectivity index (χ1v) is 10.0. The Kier molecular flexibility index (Phi) is 5.59. The van der Waals surface area contributed by atoms with E-state index in [9.17, 15) is 14.9 Å². The Balaban J connectivity index is 1.54. The average molecular weight is 435 g/mol. The summed E-state index contributed by atoms with van der Waals surface area (Å²) in [6.45, 7) is 1.68. The molecule has 2 heterocycles. The van der Waals surface area contributed by atoms with Crippen LogP contribution in [0.4, 0.5) is 11.4 Å². The Morgan fingerprint density at radius 3 is 2.65 bits per heavy atom. The van der Waals surface area contributed by atoms with E-state index in [1.807, 2.05) is 0 Å². The fourth-order valence-corrected chi connectivity index (χ4v) is 3.75. The first-order chi connectivity index (χ1) is 14.9. The van der Waals surface area contributed by atoms with Crippen molar-refractivity contribution in [3.8, 4) is 17.1 Å². The third-order valence-electron chi connectivity index (χ3n) is 4.54. The number of nitro groups is 1. The summed E-state index contributed by atoms with van der Waals surface area (Å²) < 4.78 is 10.9. The average Bonchev–Trinajstić information content (AvgIpc) is 3.35. The maximum atomic E-state index is 12.3. The number of benzene rings is 2. The van der Waals surface area contributed by atoms with Crippen molar-refractivity contribution in [2.45, 2.75) is 6.92 Å². The minimum atomic E-state index is -0.423. The number of aliphatic imine (C=N–C) groups is 1. The van der Waals surface area contributed by atoms with E-state index < -0.39 is 4.92 Å². The van der Waals surface area contributed by atoms with Crippen LogP contribution in [0.3, 0.4) is 0 Å². The van der Waals surface area contributed by atoms with Gasteiger partial charge in [0.2, 0.25) is 0 Å². The fourth-order valence-electron chi connectivity index (χ4n) is 2.93. The molecule has 4 rings (SSSR count). The van der Waals surface area contributed by atoms with E-state index in [2.05, 4.69) is 10.3 Å². The van der Waals surface area contributed by atoms with Crippen LogP contribution in [-0.4, -0.2) is 23.1 Å². The van der Waals surface area contributed by atoms with Crippen LogP contribution in [0.15, 0.2) is 68.9 Å². The molecule has 1 aliphatic rings. The Morgan fingerprint density at radius 2 is 1.94 bits per heavy atom. The molecule has 1 N–H and O–H groups in total. The molecule has 0 spiro atoms. The monoisotopic (exact) mass is 435 g/mol. The molecule has 1 aromatic heterocycles. The highest BCUT2D eigenvalue weighted by Gasteiger charge is 2.24. The molecule has 0 atom stereocenters. The zero-order valence-corrected chi connectivity index (χ0v) is 17.4. The molecule has 31 heavy (non-hydrogen) atoms. The standard InChI is InChI=1S/C22H17N3O5S/c1-13-3-4-14(11-18(13)25(27)28)19-10-9-17(30-19)12-20-21(26)24-22(31-20)23-15-5-7-16(29-2)8-6-15/h3-12H,1-2H3,(H,23,24,26)/b20-12+. The van der Waals surface area contributed by atoms with Crippen LogP contribution < -0.4 is 10.1 Å². The van der Waals surface area contributed by atoms with Crippen molar-refractivity contribution in [3.05, 3.63) is 80.9 Å². The lowest BCUT2D eigenvalue weighted by Crippen LogP contribution is -2.19. The number of amides is 1. The summed E-state index contributed by atoms with van der Waals surface area (Å²) in [4.78, 5) is 27.9. The van der Waals surface area contributed by atoms with Crippen LogP contribution in [0.1, 0.15) is 11.3 Å². The Hall–Kier alpha value is -3.85. The van der Waals surface area contributed by atoms with Crippen molar-refractivity contribution in [1.82, 2.24) is 5.32 Å². The second-order valence-corrected chi connectivity index (χ2v) is 7.67. The predicted octanol–water partition coefficient (Wildman–Crippen LogP) is 5.06. The first-order valence-electron chi connectivity index (χ1n) is 9.22. The Bertz CT molecular complexity index is 1230. The summed E-state index contributed by atoms with van der Waals surface area (Å²) in [7, 11) is 1.59. The quantitative estimate of drug-likeness (QED) is 0.341. The van der Waals surface area contributed by atoms with E-state index in [1.54, 1.807) is 68.6 Å². The van der Waals surface area contributed by atoms with E-state index >= 15 is 0 Å². The maximum absolute atomic E-state index is 12.3. The lowest BCUT2D eigenvalue weighted by atomic mass is 10.1. The molecule has 0 aliphatic carbocycles. The molecular weight excluding hydrogens is 418 g/mol. The number of hydrogen-bond donors (Lipinski definition) is 1. The lowest BCUT2D eigenvalue weighted by molar-refractivity contribution is -0.385. The number of aryl methyl sites for hydroxylation is 1. The topological polar surface area (TPSA) is 107 Å². The van der Waals surface area contributed by atoms with Crippen LogP contribution in [0, 0.1) is 17.0 Å². The number of carbonyl (C=O) groups is 1. The predicted molar refractivity (Wildman–Crippen MR) is 119 cm³/mol. The molecule has 2 aromatic carbocycles. The van der Waals surface area contributed by atoms with Gasteiger partial charge in [-0.15, -0.1) is 0 Å². The van der Waals surface area contributed by atoms with Crippen LogP contribution in [0.2, 0.25) is 0 Å². The second-order valence-electron chi connectivity index (χ2n) is 6.64. The number of amidine groups is 1. The minimum absolute atomic E-state index is 0.0268. The van der Waals surface area contributed by atoms with Gasteiger partial charge in [-0.1, -0.05) is 12.1 Å². The minimum Gasteiger partial charge on any atom is -0.497 e. The van der Waals surface area contributed by atoms with Gasteiger partial charge in [-0.2, -0.15) is 0 Å². The number of ether oxygens (including phenoxy) is 1. The third kappa shape index (κ3) is 4.51. The van der Waals surface area contributed by atoms with Crippen molar-refractivity contribution in [2.75, 3.05) is 7.11 Å². The molecule has 3 aromatic rings. The van der Waals surface area contributed by atoms with Gasteiger partial charge in [-0.05, 0) is 55.1 Å². The van der Waals surface area contributed by atoms with Crippen molar-refractivity contribution in [3.63, 3.8) is 0 Å². The molecule has 1 saturated heterocycles. The van der Waals surface area contributed by atoms with E-state index in [4.69, 9.17) is 9.15 Å². The SMILES string of the molecule is COc1ccc(N=C2NC(=O)/C(=C\c3ccc(-c4ccc(C)c([N+](=O)[O-])c4)o3)S2)cc1. The number of thioether (sulfide) groups is 1. The molecule has 1 fully saturated rings. The maximum Gasteiger partial charge on any atom is 0.273 e. The van der Waals surface area contributed by atoms with Crippen molar-refractivity contribution in [1.29, 1.82) is 0 Å². The van der Waals surface area contributed by atoms with E-state index in [1.165, 1.54) is 17.8 Å². The van der Waals surface area contributed by atoms with Gasteiger partial charge in [-0.3, -0.25) is 14.9 Å². The molecule has 156 valence electrons. The van der Waals surface area contributed by atoms with Crippen LogP contribution in [0.5, 0.6) is 5.75 Å². The van der Waals surface area contributed by atoms with E-state index in [0.29, 0.717) is 38.4 Å². The molecule has 0 radical (unpaired) electrons. The summed E-state index contributed by atoms with van der Waals surface area (Å²) in [6, 6.07) is 15.5.